The molecule has 90 valence electrons. The summed E-state index contributed by atoms with van der Waals surface area (Å²) in [4.78, 5) is 4.37. The molecule has 0 aliphatic heterocycles. The fourth-order valence-electron chi connectivity index (χ4n) is 2.01. The van der Waals surface area contributed by atoms with Crippen molar-refractivity contribution in [3.05, 3.63) is 41.5 Å². The Balaban J connectivity index is 2.54. The number of benzene rings is 1. The number of nitrogens with zero attached hydrogens (tertiary/aromatic N) is 2. The van der Waals surface area contributed by atoms with Crippen molar-refractivity contribution in [3.8, 4) is 11.4 Å². The van der Waals surface area contributed by atoms with Gasteiger partial charge in [0.1, 0.15) is 11.6 Å². The van der Waals surface area contributed by atoms with Crippen molar-refractivity contribution in [2.75, 3.05) is 6.61 Å². The molecule has 2 aromatic rings. The second-order valence-corrected chi connectivity index (χ2v) is 3.98. The van der Waals surface area contributed by atoms with Crippen molar-refractivity contribution in [1.82, 2.24) is 9.55 Å². The normalized spacial score (nSPS) is 10.8. The van der Waals surface area contributed by atoms with E-state index in [0.717, 1.165) is 11.4 Å². The summed E-state index contributed by atoms with van der Waals surface area (Å²) in [5.74, 6) is 0.320. The fraction of sp³-hybridized carbons (Fsp3) is 0.308. The number of aryl methyl sites for hydroxylation is 1. The van der Waals surface area contributed by atoms with Crippen molar-refractivity contribution in [2.24, 2.45) is 7.05 Å². The van der Waals surface area contributed by atoms with Gasteiger partial charge in [-0.3, -0.25) is 0 Å². The zero-order chi connectivity index (χ0) is 12.4. The first-order valence-electron chi connectivity index (χ1n) is 5.53. The van der Waals surface area contributed by atoms with Crippen LogP contribution in [0.2, 0.25) is 0 Å². The van der Waals surface area contributed by atoms with Crippen LogP contribution in [0.5, 0.6) is 0 Å². The highest BCUT2D eigenvalue weighted by Crippen LogP contribution is 2.23. The molecule has 0 aliphatic carbocycles. The summed E-state index contributed by atoms with van der Waals surface area (Å²) in [6.07, 6.45) is 0.532. The molecule has 0 spiro atoms. The van der Waals surface area contributed by atoms with Gasteiger partial charge in [0, 0.05) is 25.8 Å². The largest absolute Gasteiger partial charge is 0.396 e. The molecular formula is C13H15FN2O. The lowest BCUT2D eigenvalue weighted by Gasteiger charge is -2.06. The van der Waals surface area contributed by atoms with E-state index in [1.165, 1.54) is 6.07 Å². The van der Waals surface area contributed by atoms with Gasteiger partial charge in [-0.2, -0.15) is 0 Å². The monoisotopic (exact) mass is 234 g/mol. The smallest absolute Gasteiger partial charge is 0.143 e. The SMILES string of the molecule is Cc1nc(-c2ccccc2F)n(C)c1CCO. The van der Waals surface area contributed by atoms with Crippen LogP contribution in [-0.4, -0.2) is 21.3 Å². The van der Waals surface area contributed by atoms with E-state index in [1.54, 1.807) is 18.2 Å². The number of aliphatic hydroxyl groups is 1. The Hall–Kier alpha value is -1.68. The lowest BCUT2D eigenvalue weighted by Crippen LogP contribution is -2.02. The van der Waals surface area contributed by atoms with E-state index in [9.17, 15) is 4.39 Å². The minimum absolute atomic E-state index is 0.0666. The van der Waals surface area contributed by atoms with Gasteiger partial charge >= 0.3 is 0 Å². The van der Waals surface area contributed by atoms with Crippen LogP contribution < -0.4 is 0 Å². The number of imidazole rings is 1. The molecule has 0 saturated heterocycles. The van der Waals surface area contributed by atoms with Crippen LogP contribution in [0.4, 0.5) is 4.39 Å². The average molecular weight is 234 g/mol. The maximum absolute atomic E-state index is 13.7. The summed E-state index contributed by atoms with van der Waals surface area (Å²) in [6.45, 7) is 1.94. The predicted octanol–water partition coefficient (Wildman–Crippen LogP) is 2.07. The summed E-state index contributed by atoms with van der Waals surface area (Å²) in [6, 6.07) is 6.57. The molecule has 2 rings (SSSR count). The molecule has 0 amide bonds. The highest BCUT2D eigenvalue weighted by atomic mass is 19.1. The minimum atomic E-state index is -0.281. The van der Waals surface area contributed by atoms with Gasteiger partial charge in [0.2, 0.25) is 0 Å². The summed E-state index contributed by atoms with van der Waals surface area (Å²) in [7, 11) is 1.84. The third-order valence-corrected chi connectivity index (χ3v) is 2.88. The van der Waals surface area contributed by atoms with E-state index in [1.807, 2.05) is 18.5 Å². The van der Waals surface area contributed by atoms with E-state index < -0.39 is 0 Å². The summed E-state index contributed by atoms with van der Waals surface area (Å²) < 4.78 is 15.5. The van der Waals surface area contributed by atoms with Gasteiger partial charge in [0.05, 0.1) is 11.3 Å². The molecule has 1 aromatic heterocycles. The summed E-state index contributed by atoms with van der Waals surface area (Å²) >= 11 is 0. The van der Waals surface area contributed by atoms with E-state index >= 15 is 0 Å². The maximum Gasteiger partial charge on any atom is 0.143 e. The number of hydrogen-bond acceptors (Lipinski definition) is 2. The van der Waals surface area contributed by atoms with E-state index in [2.05, 4.69) is 4.98 Å². The second-order valence-electron chi connectivity index (χ2n) is 3.98. The first-order chi connectivity index (χ1) is 8.15. The van der Waals surface area contributed by atoms with Gasteiger partial charge in [0.25, 0.3) is 0 Å². The van der Waals surface area contributed by atoms with Crippen molar-refractivity contribution in [3.63, 3.8) is 0 Å². The molecule has 0 aliphatic rings. The molecule has 17 heavy (non-hydrogen) atoms. The van der Waals surface area contributed by atoms with Gasteiger partial charge < -0.3 is 9.67 Å². The Bertz CT molecular complexity index is 534. The molecule has 1 N–H and O–H groups in total. The van der Waals surface area contributed by atoms with Gasteiger partial charge in [-0.25, -0.2) is 9.37 Å². The summed E-state index contributed by atoms with van der Waals surface area (Å²) in [5.41, 5.74) is 2.26. The van der Waals surface area contributed by atoms with Crippen LogP contribution in [0.25, 0.3) is 11.4 Å². The van der Waals surface area contributed by atoms with Crippen LogP contribution in [0.1, 0.15) is 11.4 Å². The zero-order valence-electron chi connectivity index (χ0n) is 9.94. The number of hydrogen-bond donors (Lipinski definition) is 1. The maximum atomic E-state index is 13.7. The van der Waals surface area contributed by atoms with Crippen LogP contribution in [-0.2, 0) is 13.5 Å². The first-order valence-corrected chi connectivity index (χ1v) is 5.53. The Labute approximate surface area is 99.5 Å². The lowest BCUT2D eigenvalue weighted by molar-refractivity contribution is 0.296. The Kier molecular flexibility index (Phi) is 3.24. The van der Waals surface area contributed by atoms with E-state index in [0.29, 0.717) is 17.8 Å². The predicted molar refractivity (Wildman–Crippen MR) is 64.1 cm³/mol. The second kappa shape index (κ2) is 4.67. The number of aromatic nitrogens is 2. The standard InChI is InChI=1S/C13H15FN2O/c1-9-12(7-8-17)16(2)13(15-9)10-5-3-4-6-11(10)14/h3-6,17H,7-8H2,1-2H3. The zero-order valence-corrected chi connectivity index (χ0v) is 9.94. The number of aliphatic hydroxyl groups excluding tert-OH is 1. The third-order valence-electron chi connectivity index (χ3n) is 2.88. The highest BCUT2D eigenvalue weighted by molar-refractivity contribution is 5.57. The van der Waals surface area contributed by atoms with E-state index in [4.69, 9.17) is 5.11 Å². The Morgan fingerprint density at radius 3 is 2.71 bits per heavy atom. The van der Waals surface area contributed by atoms with Crippen LogP contribution in [0, 0.1) is 12.7 Å². The lowest BCUT2D eigenvalue weighted by atomic mass is 10.2. The Morgan fingerprint density at radius 2 is 2.06 bits per heavy atom. The van der Waals surface area contributed by atoms with Crippen molar-refractivity contribution < 1.29 is 9.50 Å². The molecule has 3 nitrogen and oxygen atoms in total. The molecular weight excluding hydrogens is 219 g/mol. The molecule has 0 saturated carbocycles. The molecule has 0 unspecified atom stereocenters. The van der Waals surface area contributed by atoms with Gasteiger partial charge in [0.15, 0.2) is 0 Å². The summed E-state index contributed by atoms with van der Waals surface area (Å²) in [5, 5.41) is 8.99. The molecule has 1 aromatic carbocycles. The van der Waals surface area contributed by atoms with E-state index in [-0.39, 0.29) is 12.4 Å². The quantitative estimate of drug-likeness (QED) is 0.882. The van der Waals surface area contributed by atoms with Crippen molar-refractivity contribution in [1.29, 1.82) is 0 Å². The number of rotatable bonds is 3. The molecule has 0 bridgehead atoms. The van der Waals surface area contributed by atoms with Gasteiger partial charge in [-0.05, 0) is 19.1 Å². The number of halogens is 1. The average Bonchev–Trinajstić information content (AvgIpc) is 2.58. The molecule has 0 fully saturated rings. The molecule has 4 heteroatoms. The van der Waals surface area contributed by atoms with Crippen molar-refractivity contribution in [2.45, 2.75) is 13.3 Å². The van der Waals surface area contributed by atoms with Crippen LogP contribution >= 0.6 is 0 Å². The molecule has 0 radical (unpaired) electrons. The molecule has 0 atom stereocenters. The van der Waals surface area contributed by atoms with Crippen molar-refractivity contribution >= 4 is 0 Å². The topological polar surface area (TPSA) is 38.0 Å². The Morgan fingerprint density at radius 1 is 1.35 bits per heavy atom. The van der Waals surface area contributed by atoms with Crippen LogP contribution in [0.3, 0.4) is 0 Å². The highest BCUT2D eigenvalue weighted by Gasteiger charge is 2.14. The van der Waals surface area contributed by atoms with Gasteiger partial charge in [-0.1, -0.05) is 12.1 Å². The van der Waals surface area contributed by atoms with Gasteiger partial charge in [-0.15, -0.1) is 0 Å². The minimum Gasteiger partial charge on any atom is -0.396 e. The first kappa shape index (κ1) is 11.8. The fourth-order valence-corrected chi connectivity index (χ4v) is 2.01. The van der Waals surface area contributed by atoms with Crippen LogP contribution in [0.15, 0.2) is 24.3 Å². The molecule has 1 heterocycles. The third kappa shape index (κ3) is 2.08.